The number of hydrogen-bond acceptors (Lipinski definition) is 4. The monoisotopic (exact) mass is 425 g/mol. The molecule has 32 heavy (non-hydrogen) atoms. The van der Waals surface area contributed by atoms with Gasteiger partial charge >= 0.3 is 0 Å². The average Bonchev–Trinajstić information content (AvgIpc) is 3.31. The standard InChI is InChI=1S/C27H23NO4/c1-17-24(31-16-18-8-10-20(30-3)11-9-18)13-12-22-26(29)25(32-27(17)22)14-19-15-28(2)23-7-5-4-6-21(19)23/h4-15H,16H2,1-3H3/b25-14-. The zero-order chi connectivity index (χ0) is 22.2. The summed E-state index contributed by atoms with van der Waals surface area (Å²) in [5.74, 6) is 2.27. The molecule has 0 spiro atoms. The zero-order valence-corrected chi connectivity index (χ0v) is 18.2. The molecule has 0 radical (unpaired) electrons. The first-order valence-electron chi connectivity index (χ1n) is 10.4. The predicted molar refractivity (Wildman–Crippen MR) is 124 cm³/mol. The summed E-state index contributed by atoms with van der Waals surface area (Å²) in [6.45, 7) is 2.33. The number of nitrogens with zero attached hydrogens (tertiary/aromatic N) is 1. The molecule has 5 rings (SSSR count). The van der Waals surface area contributed by atoms with Gasteiger partial charge in [-0.05, 0) is 48.9 Å². The second-order valence-electron chi connectivity index (χ2n) is 7.85. The van der Waals surface area contributed by atoms with Crippen LogP contribution in [0.1, 0.15) is 27.0 Å². The van der Waals surface area contributed by atoms with Crippen molar-refractivity contribution in [1.82, 2.24) is 4.57 Å². The van der Waals surface area contributed by atoms with E-state index in [1.165, 1.54) is 0 Å². The van der Waals surface area contributed by atoms with Crippen LogP contribution in [0.2, 0.25) is 0 Å². The summed E-state index contributed by atoms with van der Waals surface area (Å²) in [5, 5.41) is 1.08. The highest BCUT2D eigenvalue weighted by Crippen LogP contribution is 2.40. The first-order chi connectivity index (χ1) is 15.5. The Kier molecular flexibility index (Phi) is 4.94. The zero-order valence-electron chi connectivity index (χ0n) is 18.2. The molecule has 5 nitrogen and oxygen atoms in total. The molecule has 0 N–H and O–H groups in total. The summed E-state index contributed by atoms with van der Waals surface area (Å²) in [6, 6.07) is 19.4. The minimum absolute atomic E-state index is 0.113. The molecule has 0 fully saturated rings. The molecule has 1 aliphatic rings. The molecule has 0 unspecified atom stereocenters. The van der Waals surface area contributed by atoms with E-state index in [0.29, 0.717) is 29.4 Å². The molecular formula is C27H23NO4. The largest absolute Gasteiger partial charge is 0.497 e. The molecule has 5 heteroatoms. The topological polar surface area (TPSA) is 49.7 Å². The molecule has 0 saturated heterocycles. The minimum Gasteiger partial charge on any atom is -0.497 e. The highest BCUT2D eigenvalue weighted by Gasteiger charge is 2.30. The number of rotatable bonds is 5. The van der Waals surface area contributed by atoms with Gasteiger partial charge < -0.3 is 18.8 Å². The SMILES string of the molecule is COc1ccc(COc2ccc3c(c2C)O/C(=C\c2cn(C)c4ccccc24)C3=O)cc1. The van der Waals surface area contributed by atoms with Crippen molar-refractivity contribution < 1.29 is 19.0 Å². The fourth-order valence-electron chi connectivity index (χ4n) is 4.04. The lowest BCUT2D eigenvalue weighted by molar-refractivity contribution is 0.101. The number of aryl methyl sites for hydroxylation is 1. The van der Waals surface area contributed by atoms with Gasteiger partial charge in [-0.1, -0.05) is 30.3 Å². The maximum Gasteiger partial charge on any atom is 0.231 e. The van der Waals surface area contributed by atoms with Crippen molar-refractivity contribution in [3.8, 4) is 17.2 Å². The van der Waals surface area contributed by atoms with Gasteiger partial charge in [0.2, 0.25) is 5.78 Å². The fourth-order valence-corrected chi connectivity index (χ4v) is 4.04. The number of allylic oxidation sites excluding steroid dienone is 1. The highest BCUT2D eigenvalue weighted by molar-refractivity contribution is 6.15. The molecular weight excluding hydrogens is 402 g/mol. The maximum atomic E-state index is 13.0. The lowest BCUT2D eigenvalue weighted by atomic mass is 10.1. The number of benzene rings is 3. The van der Waals surface area contributed by atoms with Gasteiger partial charge in [0.1, 0.15) is 23.9 Å². The van der Waals surface area contributed by atoms with Crippen molar-refractivity contribution in [2.24, 2.45) is 7.05 Å². The van der Waals surface area contributed by atoms with Crippen LogP contribution in [-0.2, 0) is 13.7 Å². The van der Waals surface area contributed by atoms with E-state index in [4.69, 9.17) is 14.2 Å². The lowest BCUT2D eigenvalue weighted by Crippen LogP contribution is -1.98. The lowest BCUT2D eigenvalue weighted by Gasteiger charge is -2.12. The number of hydrogen-bond donors (Lipinski definition) is 0. The van der Waals surface area contributed by atoms with Crippen molar-refractivity contribution in [2.75, 3.05) is 7.11 Å². The van der Waals surface area contributed by atoms with Crippen LogP contribution in [0.5, 0.6) is 17.2 Å². The quantitative estimate of drug-likeness (QED) is 0.386. The van der Waals surface area contributed by atoms with Crippen LogP contribution in [0.15, 0.2) is 72.6 Å². The minimum atomic E-state index is -0.113. The Labute approximate surface area is 186 Å². The molecule has 1 aliphatic heterocycles. The van der Waals surface area contributed by atoms with Gasteiger partial charge in [-0.15, -0.1) is 0 Å². The summed E-state index contributed by atoms with van der Waals surface area (Å²) in [7, 11) is 3.64. The summed E-state index contributed by atoms with van der Waals surface area (Å²) in [6.07, 6.45) is 3.83. The Morgan fingerprint density at radius 3 is 2.59 bits per heavy atom. The van der Waals surface area contributed by atoms with Crippen molar-refractivity contribution in [1.29, 1.82) is 0 Å². The van der Waals surface area contributed by atoms with Crippen LogP contribution >= 0.6 is 0 Å². The highest BCUT2D eigenvalue weighted by atomic mass is 16.5. The van der Waals surface area contributed by atoms with Crippen molar-refractivity contribution in [3.05, 3.63) is 94.9 Å². The summed E-state index contributed by atoms with van der Waals surface area (Å²) in [4.78, 5) is 13.0. The number of aromatic nitrogens is 1. The van der Waals surface area contributed by atoms with Crippen molar-refractivity contribution >= 4 is 22.8 Å². The second-order valence-corrected chi connectivity index (χ2v) is 7.85. The van der Waals surface area contributed by atoms with Crippen LogP contribution in [0.25, 0.3) is 17.0 Å². The van der Waals surface area contributed by atoms with Crippen LogP contribution in [-0.4, -0.2) is 17.5 Å². The number of ketones is 1. The van der Waals surface area contributed by atoms with Crippen LogP contribution < -0.4 is 14.2 Å². The van der Waals surface area contributed by atoms with Crippen LogP contribution in [0.4, 0.5) is 0 Å². The van der Waals surface area contributed by atoms with E-state index in [1.54, 1.807) is 13.2 Å². The van der Waals surface area contributed by atoms with Gasteiger partial charge in [-0.25, -0.2) is 0 Å². The predicted octanol–water partition coefficient (Wildman–Crippen LogP) is 5.69. The number of carbonyl (C=O) groups excluding carboxylic acids is 1. The Hall–Kier alpha value is -3.99. The van der Waals surface area contributed by atoms with E-state index in [9.17, 15) is 4.79 Å². The first-order valence-corrected chi connectivity index (χ1v) is 10.4. The molecule has 0 bridgehead atoms. The average molecular weight is 425 g/mol. The van der Waals surface area contributed by atoms with Gasteiger partial charge in [-0.3, -0.25) is 4.79 Å². The summed E-state index contributed by atoms with van der Waals surface area (Å²) >= 11 is 0. The molecule has 0 aliphatic carbocycles. The number of carbonyl (C=O) groups is 1. The van der Waals surface area contributed by atoms with E-state index in [1.807, 2.05) is 79.3 Å². The second kappa shape index (κ2) is 7.93. The number of fused-ring (bicyclic) bond motifs is 2. The number of methoxy groups -OCH3 is 1. The van der Waals surface area contributed by atoms with Gasteiger partial charge in [0.25, 0.3) is 0 Å². The van der Waals surface area contributed by atoms with Gasteiger partial charge in [0, 0.05) is 35.3 Å². The van der Waals surface area contributed by atoms with Crippen LogP contribution in [0, 0.1) is 6.92 Å². The molecule has 2 heterocycles. The first kappa shape index (κ1) is 19.9. The Balaban J connectivity index is 1.40. The van der Waals surface area contributed by atoms with Crippen LogP contribution in [0.3, 0.4) is 0 Å². The Morgan fingerprint density at radius 2 is 1.81 bits per heavy atom. The van der Waals surface area contributed by atoms with Gasteiger partial charge in [0.15, 0.2) is 5.76 Å². The van der Waals surface area contributed by atoms with E-state index < -0.39 is 0 Å². The van der Waals surface area contributed by atoms with E-state index in [-0.39, 0.29) is 5.78 Å². The number of ether oxygens (including phenoxy) is 3. The Morgan fingerprint density at radius 1 is 1.03 bits per heavy atom. The maximum absolute atomic E-state index is 13.0. The normalized spacial score (nSPS) is 14.0. The molecule has 1 aromatic heterocycles. The third-order valence-corrected chi connectivity index (χ3v) is 5.80. The summed E-state index contributed by atoms with van der Waals surface area (Å²) in [5.41, 5.74) is 4.45. The van der Waals surface area contributed by atoms with Crippen molar-refractivity contribution in [2.45, 2.75) is 13.5 Å². The molecule has 0 atom stereocenters. The van der Waals surface area contributed by atoms with E-state index >= 15 is 0 Å². The molecule has 4 aromatic rings. The Bertz CT molecular complexity index is 1360. The van der Waals surface area contributed by atoms with Crippen molar-refractivity contribution in [3.63, 3.8) is 0 Å². The smallest absolute Gasteiger partial charge is 0.231 e. The summed E-state index contributed by atoms with van der Waals surface area (Å²) < 4.78 is 19.3. The van der Waals surface area contributed by atoms with E-state index in [2.05, 4.69) is 6.07 Å². The van der Waals surface area contributed by atoms with Gasteiger partial charge in [0.05, 0.1) is 12.7 Å². The fraction of sp³-hybridized carbons (Fsp3) is 0.148. The number of para-hydroxylation sites is 1. The third-order valence-electron chi connectivity index (χ3n) is 5.80. The van der Waals surface area contributed by atoms with E-state index in [0.717, 1.165) is 33.3 Å². The molecule has 160 valence electrons. The molecule has 0 amide bonds. The van der Waals surface area contributed by atoms with Gasteiger partial charge in [-0.2, -0.15) is 0 Å². The molecule has 3 aromatic carbocycles. The number of Topliss-reactive ketones (excluding diaryl/α,β-unsaturated/α-hetero) is 1. The molecule has 0 saturated carbocycles. The third kappa shape index (κ3) is 3.42.